The highest BCUT2D eigenvalue weighted by molar-refractivity contribution is 5.78. The molecule has 1 fully saturated rings. The van der Waals surface area contributed by atoms with Crippen molar-refractivity contribution in [2.24, 2.45) is 11.8 Å². The molecule has 36 heavy (non-hydrogen) atoms. The number of carbonyl (C=O) groups excluding carboxylic acids is 2. The molecule has 3 rings (SSSR count). The van der Waals surface area contributed by atoms with E-state index >= 15 is 0 Å². The predicted octanol–water partition coefficient (Wildman–Crippen LogP) is 4.01. The highest BCUT2D eigenvalue weighted by Crippen LogP contribution is 2.36. The summed E-state index contributed by atoms with van der Waals surface area (Å²) >= 11 is 0. The molecule has 7 nitrogen and oxygen atoms in total. The van der Waals surface area contributed by atoms with Gasteiger partial charge in [-0.05, 0) is 29.5 Å². The molecular weight excluding hydrogens is 471 g/mol. The molecule has 1 saturated heterocycles. The largest absolute Gasteiger partial charge is 0.416 e. The first-order chi connectivity index (χ1) is 16.9. The second-order valence-corrected chi connectivity index (χ2v) is 9.46. The summed E-state index contributed by atoms with van der Waals surface area (Å²) in [5, 5.41) is 8.39. The van der Waals surface area contributed by atoms with E-state index in [1.54, 1.807) is 13.8 Å². The average molecular weight is 502 g/mol. The topological polar surface area (TPSA) is 96.0 Å². The Kier molecular flexibility index (Phi) is 8.69. The Balaban J connectivity index is 1.85. The molecule has 0 aliphatic carbocycles. The molecular formula is C26H30F3N5O2. The van der Waals surface area contributed by atoms with Crippen molar-refractivity contribution < 1.29 is 22.8 Å². The summed E-state index contributed by atoms with van der Waals surface area (Å²) in [5.74, 6) is 5.77. The van der Waals surface area contributed by atoms with Gasteiger partial charge in [-0.2, -0.15) is 13.2 Å². The molecule has 0 bridgehead atoms. The quantitative estimate of drug-likeness (QED) is 0.520. The van der Waals surface area contributed by atoms with E-state index in [9.17, 15) is 22.8 Å². The molecule has 192 valence electrons. The Hall–Kier alpha value is -3.45. The van der Waals surface area contributed by atoms with Crippen LogP contribution in [0.3, 0.4) is 0 Å². The van der Waals surface area contributed by atoms with Crippen molar-refractivity contribution >= 4 is 11.8 Å². The standard InChI is InChI=1S/C26H30F3N5O2/c1-15(2)6-5-7-22-30-13-18(14-31-22)21-11-23(35)34-24(33-21)19-10-17(12-32-25(36)16(3)4)8-9-20(19)26(27,28)29/h8-10,13-16,21,24,33H,6,11-12H2,1-4H3,(H,32,36)(H,34,35). The van der Waals surface area contributed by atoms with E-state index in [1.165, 1.54) is 24.5 Å². The zero-order valence-electron chi connectivity index (χ0n) is 20.7. The summed E-state index contributed by atoms with van der Waals surface area (Å²) in [7, 11) is 0. The van der Waals surface area contributed by atoms with E-state index in [2.05, 4.69) is 51.6 Å². The second-order valence-electron chi connectivity index (χ2n) is 9.46. The number of nitrogens with one attached hydrogen (secondary N) is 3. The number of alkyl halides is 3. The van der Waals surface area contributed by atoms with E-state index in [0.29, 0.717) is 29.3 Å². The monoisotopic (exact) mass is 501 g/mol. The molecule has 2 amide bonds. The third-order valence-corrected chi connectivity index (χ3v) is 5.57. The van der Waals surface area contributed by atoms with E-state index in [4.69, 9.17) is 0 Å². The van der Waals surface area contributed by atoms with Gasteiger partial charge in [-0.3, -0.25) is 14.9 Å². The number of hydrogen-bond donors (Lipinski definition) is 3. The van der Waals surface area contributed by atoms with Crippen molar-refractivity contribution in [1.82, 2.24) is 25.9 Å². The van der Waals surface area contributed by atoms with Crippen molar-refractivity contribution in [2.45, 2.75) is 65.5 Å². The van der Waals surface area contributed by atoms with Crippen LogP contribution in [0.25, 0.3) is 0 Å². The third kappa shape index (κ3) is 7.28. The van der Waals surface area contributed by atoms with Crippen LogP contribution in [-0.4, -0.2) is 21.8 Å². The van der Waals surface area contributed by atoms with Crippen LogP contribution in [0.4, 0.5) is 13.2 Å². The normalized spacial score (nSPS) is 18.0. The van der Waals surface area contributed by atoms with Crippen LogP contribution in [0.2, 0.25) is 0 Å². The number of carbonyl (C=O) groups is 2. The van der Waals surface area contributed by atoms with E-state index in [1.807, 2.05) is 0 Å². The number of halogens is 3. The van der Waals surface area contributed by atoms with Crippen LogP contribution in [-0.2, 0) is 22.3 Å². The second kappa shape index (κ2) is 11.5. The number of benzene rings is 1. The van der Waals surface area contributed by atoms with E-state index in [-0.39, 0.29) is 30.4 Å². The van der Waals surface area contributed by atoms with Gasteiger partial charge in [0, 0.05) is 54.9 Å². The van der Waals surface area contributed by atoms with Crippen LogP contribution in [0.5, 0.6) is 0 Å². The van der Waals surface area contributed by atoms with Gasteiger partial charge in [0.25, 0.3) is 0 Å². The molecule has 2 unspecified atom stereocenters. The minimum Gasteiger partial charge on any atom is -0.352 e. The van der Waals surface area contributed by atoms with Gasteiger partial charge < -0.3 is 10.6 Å². The molecule has 1 aromatic heterocycles. The maximum Gasteiger partial charge on any atom is 0.416 e. The third-order valence-electron chi connectivity index (χ3n) is 5.57. The fraction of sp³-hybridized carbons (Fsp3) is 0.462. The average Bonchev–Trinajstić information content (AvgIpc) is 2.81. The number of hydrogen-bond acceptors (Lipinski definition) is 5. The van der Waals surface area contributed by atoms with Gasteiger partial charge >= 0.3 is 6.18 Å². The van der Waals surface area contributed by atoms with Crippen LogP contribution < -0.4 is 16.0 Å². The maximum absolute atomic E-state index is 13.8. The Bertz CT molecular complexity index is 1150. The zero-order valence-corrected chi connectivity index (χ0v) is 20.7. The van der Waals surface area contributed by atoms with Crippen molar-refractivity contribution in [1.29, 1.82) is 0 Å². The lowest BCUT2D eigenvalue weighted by Gasteiger charge is -2.33. The van der Waals surface area contributed by atoms with Crippen molar-refractivity contribution in [2.75, 3.05) is 0 Å². The number of rotatable bonds is 6. The summed E-state index contributed by atoms with van der Waals surface area (Å²) in [6, 6.07) is 3.05. The van der Waals surface area contributed by atoms with Gasteiger partial charge in [-0.25, -0.2) is 9.97 Å². The first-order valence-electron chi connectivity index (χ1n) is 11.8. The minimum absolute atomic E-state index is 0.0176. The van der Waals surface area contributed by atoms with Crippen LogP contribution >= 0.6 is 0 Å². The lowest BCUT2D eigenvalue weighted by Crippen LogP contribution is -2.47. The Morgan fingerprint density at radius 1 is 1.19 bits per heavy atom. The molecule has 2 aromatic rings. The molecule has 3 N–H and O–H groups in total. The lowest BCUT2D eigenvalue weighted by molar-refractivity contribution is -0.139. The van der Waals surface area contributed by atoms with E-state index < -0.39 is 29.9 Å². The SMILES string of the molecule is CC(C)CC#Cc1ncc(C2CC(=O)NC(c3cc(CNC(=O)C(C)C)ccc3C(F)(F)F)N2)cn1. The molecule has 10 heteroatoms. The first-order valence-corrected chi connectivity index (χ1v) is 11.8. The van der Waals surface area contributed by atoms with Crippen LogP contribution in [0.15, 0.2) is 30.6 Å². The summed E-state index contributed by atoms with van der Waals surface area (Å²) < 4.78 is 41.5. The summed E-state index contributed by atoms with van der Waals surface area (Å²) in [4.78, 5) is 32.8. The van der Waals surface area contributed by atoms with Gasteiger partial charge in [0.2, 0.25) is 17.6 Å². The predicted molar refractivity (Wildman–Crippen MR) is 128 cm³/mol. The van der Waals surface area contributed by atoms with Gasteiger partial charge in [0.1, 0.15) is 6.17 Å². The molecule has 1 aliphatic rings. The molecule has 0 spiro atoms. The van der Waals surface area contributed by atoms with Crippen LogP contribution in [0.1, 0.15) is 80.8 Å². The highest BCUT2D eigenvalue weighted by Gasteiger charge is 2.38. The molecule has 0 radical (unpaired) electrons. The van der Waals surface area contributed by atoms with Gasteiger partial charge in [0.05, 0.1) is 5.56 Å². The smallest absolute Gasteiger partial charge is 0.352 e. The maximum atomic E-state index is 13.8. The Labute approximate surface area is 208 Å². The fourth-order valence-corrected chi connectivity index (χ4v) is 3.62. The zero-order chi connectivity index (χ0) is 26.5. The Morgan fingerprint density at radius 3 is 2.50 bits per heavy atom. The molecule has 1 aromatic carbocycles. The Morgan fingerprint density at radius 2 is 1.89 bits per heavy atom. The first kappa shape index (κ1) is 27.1. The number of amides is 2. The lowest BCUT2D eigenvalue weighted by atomic mass is 9.96. The summed E-state index contributed by atoms with van der Waals surface area (Å²) in [6.45, 7) is 7.62. The number of aromatic nitrogens is 2. The van der Waals surface area contributed by atoms with Crippen LogP contribution in [0, 0.1) is 23.7 Å². The van der Waals surface area contributed by atoms with Gasteiger partial charge in [-0.15, -0.1) is 0 Å². The van der Waals surface area contributed by atoms with E-state index in [0.717, 1.165) is 6.07 Å². The van der Waals surface area contributed by atoms with Crippen molar-refractivity contribution in [3.63, 3.8) is 0 Å². The molecule has 1 aliphatic heterocycles. The van der Waals surface area contributed by atoms with Gasteiger partial charge in [0.15, 0.2) is 0 Å². The van der Waals surface area contributed by atoms with Crippen molar-refractivity contribution in [3.8, 4) is 11.8 Å². The fourth-order valence-electron chi connectivity index (χ4n) is 3.62. The highest BCUT2D eigenvalue weighted by atomic mass is 19.4. The summed E-state index contributed by atoms with van der Waals surface area (Å²) in [6.07, 6.45) is -1.94. The molecule has 2 atom stereocenters. The molecule has 0 saturated carbocycles. The minimum atomic E-state index is -4.63. The van der Waals surface area contributed by atoms with Gasteiger partial charge in [-0.1, -0.05) is 39.7 Å². The number of nitrogens with zero attached hydrogens (tertiary/aromatic N) is 2. The summed E-state index contributed by atoms with van der Waals surface area (Å²) in [5.41, 5.74) is 0.0526. The van der Waals surface area contributed by atoms with Crippen molar-refractivity contribution in [3.05, 3.63) is 58.7 Å². The molecule has 2 heterocycles.